The first kappa shape index (κ1) is 16.1. The summed E-state index contributed by atoms with van der Waals surface area (Å²) in [4.78, 5) is 0. The lowest BCUT2D eigenvalue weighted by Gasteiger charge is -2.19. The quantitative estimate of drug-likeness (QED) is 0.840. The van der Waals surface area contributed by atoms with Gasteiger partial charge in [0.1, 0.15) is 0 Å². The van der Waals surface area contributed by atoms with Gasteiger partial charge in [0.05, 0.1) is 17.4 Å². The van der Waals surface area contributed by atoms with E-state index in [4.69, 9.17) is 11.6 Å². The Hall–Kier alpha value is -1.32. The maximum absolute atomic E-state index is 6.31. The van der Waals surface area contributed by atoms with E-state index in [0.29, 0.717) is 0 Å². The Morgan fingerprint density at radius 3 is 2.67 bits per heavy atom. The zero-order valence-electron chi connectivity index (χ0n) is 13.1. The first-order valence-corrected chi connectivity index (χ1v) is 8.03. The molecule has 0 amide bonds. The molecule has 0 bridgehead atoms. The van der Waals surface area contributed by atoms with Gasteiger partial charge in [-0.2, -0.15) is 5.10 Å². The average molecular weight is 306 g/mol. The number of aromatic nitrogens is 2. The molecule has 2 aromatic rings. The summed E-state index contributed by atoms with van der Waals surface area (Å²) in [5, 5.41) is 9.02. The Balaban J connectivity index is 2.25. The molecular formula is C17H24ClN3. The minimum absolute atomic E-state index is 0.239. The standard InChI is InChI=1S/C17H24ClN3/c1-4-10-19-16(11-13-8-6-7-9-15(13)18)17-12-14(5-2)20-21(17)3/h6-9,12,16,19H,4-5,10-11H2,1-3H3. The van der Waals surface area contributed by atoms with Gasteiger partial charge >= 0.3 is 0 Å². The third kappa shape index (κ3) is 4.08. The van der Waals surface area contributed by atoms with Crippen molar-refractivity contribution >= 4 is 11.6 Å². The van der Waals surface area contributed by atoms with Crippen LogP contribution in [0.2, 0.25) is 5.02 Å². The minimum Gasteiger partial charge on any atom is -0.308 e. The number of rotatable bonds is 7. The van der Waals surface area contributed by atoms with Gasteiger partial charge in [-0.1, -0.05) is 43.6 Å². The van der Waals surface area contributed by atoms with Crippen molar-refractivity contribution in [3.8, 4) is 0 Å². The van der Waals surface area contributed by atoms with E-state index in [-0.39, 0.29) is 6.04 Å². The van der Waals surface area contributed by atoms with Crippen LogP contribution in [0, 0.1) is 0 Å². The molecule has 1 heterocycles. The molecule has 1 aromatic carbocycles. The van der Waals surface area contributed by atoms with Crippen molar-refractivity contribution in [2.24, 2.45) is 7.05 Å². The molecule has 114 valence electrons. The lowest BCUT2D eigenvalue weighted by molar-refractivity contribution is 0.493. The Morgan fingerprint density at radius 1 is 1.29 bits per heavy atom. The van der Waals surface area contributed by atoms with Gasteiger partial charge in [-0.3, -0.25) is 4.68 Å². The van der Waals surface area contributed by atoms with E-state index in [1.54, 1.807) is 0 Å². The van der Waals surface area contributed by atoms with E-state index < -0.39 is 0 Å². The third-order valence-electron chi connectivity index (χ3n) is 3.71. The fourth-order valence-electron chi connectivity index (χ4n) is 2.53. The summed E-state index contributed by atoms with van der Waals surface area (Å²) in [6, 6.07) is 10.5. The van der Waals surface area contributed by atoms with Crippen LogP contribution < -0.4 is 5.32 Å². The number of nitrogens with one attached hydrogen (secondary N) is 1. The molecule has 0 aliphatic carbocycles. The van der Waals surface area contributed by atoms with Crippen LogP contribution in [-0.4, -0.2) is 16.3 Å². The molecule has 1 unspecified atom stereocenters. The van der Waals surface area contributed by atoms with Crippen molar-refractivity contribution < 1.29 is 0 Å². The van der Waals surface area contributed by atoms with Crippen molar-refractivity contribution in [1.82, 2.24) is 15.1 Å². The largest absolute Gasteiger partial charge is 0.308 e. The topological polar surface area (TPSA) is 29.9 Å². The van der Waals surface area contributed by atoms with Crippen LogP contribution in [0.4, 0.5) is 0 Å². The third-order valence-corrected chi connectivity index (χ3v) is 4.08. The van der Waals surface area contributed by atoms with Gasteiger partial charge in [0.25, 0.3) is 0 Å². The van der Waals surface area contributed by atoms with E-state index in [9.17, 15) is 0 Å². The van der Waals surface area contributed by atoms with E-state index in [0.717, 1.165) is 36.5 Å². The van der Waals surface area contributed by atoms with Crippen LogP contribution in [0.25, 0.3) is 0 Å². The first-order valence-electron chi connectivity index (χ1n) is 7.65. The number of hydrogen-bond donors (Lipinski definition) is 1. The van der Waals surface area contributed by atoms with Gasteiger partial charge in [0.15, 0.2) is 0 Å². The van der Waals surface area contributed by atoms with Crippen molar-refractivity contribution in [1.29, 1.82) is 0 Å². The fraction of sp³-hybridized carbons (Fsp3) is 0.471. The maximum Gasteiger partial charge on any atom is 0.0625 e. The molecule has 0 fully saturated rings. The van der Waals surface area contributed by atoms with Crippen molar-refractivity contribution in [3.63, 3.8) is 0 Å². The highest BCUT2D eigenvalue weighted by atomic mass is 35.5. The summed E-state index contributed by atoms with van der Waals surface area (Å²) >= 11 is 6.31. The molecule has 0 saturated carbocycles. The second-order valence-corrected chi connectivity index (χ2v) is 5.75. The predicted molar refractivity (Wildman–Crippen MR) is 88.8 cm³/mol. The molecule has 1 aromatic heterocycles. The number of halogens is 1. The van der Waals surface area contributed by atoms with Gasteiger partial charge in [-0.05, 0) is 43.5 Å². The van der Waals surface area contributed by atoms with Gasteiger partial charge in [-0.25, -0.2) is 0 Å². The highest BCUT2D eigenvalue weighted by Crippen LogP contribution is 2.24. The second kappa shape index (κ2) is 7.62. The molecule has 0 saturated heterocycles. The summed E-state index contributed by atoms with van der Waals surface area (Å²) < 4.78 is 1.99. The van der Waals surface area contributed by atoms with Crippen LogP contribution >= 0.6 is 11.6 Å². The van der Waals surface area contributed by atoms with Crippen molar-refractivity contribution in [3.05, 3.63) is 52.3 Å². The van der Waals surface area contributed by atoms with E-state index in [1.165, 1.54) is 11.3 Å². The Bertz CT molecular complexity index is 577. The fourth-order valence-corrected chi connectivity index (χ4v) is 2.74. The SMILES string of the molecule is CCCNC(Cc1ccccc1Cl)c1cc(CC)nn1C. The van der Waals surface area contributed by atoms with Crippen LogP contribution in [0.5, 0.6) is 0 Å². The van der Waals surface area contributed by atoms with Gasteiger partial charge in [0.2, 0.25) is 0 Å². The monoisotopic (exact) mass is 305 g/mol. The molecule has 2 rings (SSSR count). The van der Waals surface area contributed by atoms with Crippen molar-refractivity contribution in [2.75, 3.05) is 6.54 Å². The smallest absolute Gasteiger partial charge is 0.0625 e. The summed E-state index contributed by atoms with van der Waals surface area (Å²) in [5.41, 5.74) is 3.53. The van der Waals surface area contributed by atoms with Gasteiger partial charge in [-0.15, -0.1) is 0 Å². The minimum atomic E-state index is 0.239. The van der Waals surface area contributed by atoms with E-state index in [1.807, 2.05) is 29.9 Å². The highest BCUT2D eigenvalue weighted by molar-refractivity contribution is 6.31. The highest BCUT2D eigenvalue weighted by Gasteiger charge is 2.17. The van der Waals surface area contributed by atoms with Crippen molar-refractivity contribution in [2.45, 2.75) is 39.2 Å². The molecule has 3 nitrogen and oxygen atoms in total. The number of nitrogens with zero attached hydrogens (tertiary/aromatic N) is 2. The Morgan fingerprint density at radius 2 is 2.05 bits per heavy atom. The molecule has 1 N–H and O–H groups in total. The van der Waals surface area contributed by atoms with Crippen LogP contribution in [0.3, 0.4) is 0 Å². The number of hydrogen-bond acceptors (Lipinski definition) is 2. The maximum atomic E-state index is 6.31. The lowest BCUT2D eigenvalue weighted by Crippen LogP contribution is -2.26. The molecule has 0 aliphatic heterocycles. The second-order valence-electron chi connectivity index (χ2n) is 5.34. The number of aryl methyl sites for hydroxylation is 2. The zero-order valence-corrected chi connectivity index (χ0v) is 13.8. The van der Waals surface area contributed by atoms with Crippen LogP contribution in [-0.2, 0) is 19.9 Å². The summed E-state index contributed by atoms with van der Waals surface area (Å²) in [5.74, 6) is 0. The Kier molecular flexibility index (Phi) is 5.83. The molecule has 21 heavy (non-hydrogen) atoms. The normalized spacial score (nSPS) is 12.6. The molecule has 1 atom stereocenters. The first-order chi connectivity index (χ1) is 10.2. The van der Waals surface area contributed by atoms with Gasteiger partial charge < -0.3 is 5.32 Å². The average Bonchev–Trinajstić information content (AvgIpc) is 2.86. The zero-order chi connectivity index (χ0) is 15.2. The molecule has 0 radical (unpaired) electrons. The van der Waals surface area contributed by atoms with E-state index >= 15 is 0 Å². The molecule has 4 heteroatoms. The molecular weight excluding hydrogens is 282 g/mol. The predicted octanol–water partition coefficient (Wildman–Crippen LogP) is 3.92. The summed E-state index contributed by atoms with van der Waals surface area (Å²) in [6.45, 7) is 5.30. The summed E-state index contributed by atoms with van der Waals surface area (Å²) in [7, 11) is 2.02. The van der Waals surface area contributed by atoms with Crippen LogP contribution in [0.15, 0.2) is 30.3 Å². The Labute approximate surface area is 132 Å². The van der Waals surface area contributed by atoms with Gasteiger partial charge in [0, 0.05) is 12.1 Å². The lowest BCUT2D eigenvalue weighted by atomic mass is 10.0. The molecule has 0 spiro atoms. The summed E-state index contributed by atoms with van der Waals surface area (Å²) in [6.07, 6.45) is 2.94. The van der Waals surface area contributed by atoms with E-state index in [2.05, 4.69) is 36.4 Å². The number of benzene rings is 1. The van der Waals surface area contributed by atoms with Crippen LogP contribution in [0.1, 0.15) is 43.3 Å². The molecule has 0 aliphatic rings.